The van der Waals surface area contributed by atoms with Crippen LogP contribution in [0.25, 0.3) is 0 Å². The molecule has 1 fully saturated rings. The Labute approximate surface area is 154 Å². The summed E-state index contributed by atoms with van der Waals surface area (Å²) < 4.78 is 23.3. The quantitative estimate of drug-likeness (QED) is 0.824. The number of carbonyl (C=O) groups excluding carboxylic acids is 1. The van der Waals surface area contributed by atoms with E-state index in [0.29, 0.717) is 11.6 Å². The van der Waals surface area contributed by atoms with Gasteiger partial charge in [-0.1, -0.05) is 24.3 Å². The first-order chi connectivity index (χ1) is 12.4. The van der Waals surface area contributed by atoms with Crippen LogP contribution in [0.3, 0.4) is 0 Å². The number of benzene rings is 2. The Balaban J connectivity index is 1.67. The van der Waals surface area contributed by atoms with Crippen molar-refractivity contribution in [3.63, 3.8) is 0 Å². The molecule has 5 heteroatoms. The van der Waals surface area contributed by atoms with Gasteiger partial charge in [-0.25, -0.2) is 8.42 Å². The average Bonchev–Trinajstić information content (AvgIpc) is 3.46. The van der Waals surface area contributed by atoms with Crippen molar-refractivity contribution in [2.45, 2.75) is 49.1 Å². The molecule has 0 spiro atoms. The van der Waals surface area contributed by atoms with Gasteiger partial charge in [0.1, 0.15) is 0 Å². The molecule has 0 aromatic heterocycles. The maximum absolute atomic E-state index is 13.3. The number of rotatable bonds is 4. The van der Waals surface area contributed by atoms with Crippen LogP contribution in [-0.2, 0) is 16.3 Å². The lowest BCUT2D eigenvalue weighted by atomic mass is 9.86. The van der Waals surface area contributed by atoms with Crippen LogP contribution in [-0.4, -0.2) is 31.5 Å². The minimum atomic E-state index is -3.25. The average molecular weight is 369 g/mol. The third kappa shape index (κ3) is 3.28. The zero-order valence-electron chi connectivity index (χ0n) is 14.9. The van der Waals surface area contributed by atoms with Crippen molar-refractivity contribution >= 4 is 15.7 Å². The summed E-state index contributed by atoms with van der Waals surface area (Å²) in [5, 5.41) is 0. The zero-order valence-corrected chi connectivity index (χ0v) is 15.7. The molecule has 0 radical (unpaired) electrons. The van der Waals surface area contributed by atoms with Gasteiger partial charge in [0, 0.05) is 17.9 Å². The van der Waals surface area contributed by atoms with Gasteiger partial charge in [-0.3, -0.25) is 4.79 Å². The largest absolute Gasteiger partial charge is 0.329 e. The number of fused-ring (bicyclic) bond motifs is 1. The summed E-state index contributed by atoms with van der Waals surface area (Å²) in [7, 11) is -3.25. The first-order valence-corrected chi connectivity index (χ1v) is 11.0. The molecule has 2 aromatic rings. The van der Waals surface area contributed by atoms with E-state index >= 15 is 0 Å². The van der Waals surface area contributed by atoms with Crippen molar-refractivity contribution < 1.29 is 13.2 Å². The Morgan fingerprint density at radius 3 is 2.35 bits per heavy atom. The van der Waals surface area contributed by atoms with E-state index in [2.05, 4.69) is 18.2 Å². The van der Waals surface area contributed by atoms with E-state index in [1.165, 1.54) is 29.5 Å². The minimum Gasteiger partial charge on any atom is -0.329 e. The van der Waals surface area contributed by atoms with Crippen LogP contribution in [0.4, 0.5) is 0 Å². The lowest BCUT2D eigenvalue weighted by molar-refractivity contribution is 0.0638. The summed E-state index contributed by atoms with van der Waals surface area (Å²) in [6.45, 7) is 0. The fourth-order valence-electron chi connectivity index (χ4n) is 3.93. The molecule has 136 valence electrons. The third-order valence-electron chi connectivity index (χ3n) is 5.38. The maximum atomic E-state index is 13.3. The van der Waals surface area contributed by atoms with E-state index in [-0.39, 0.29) is 16.8 Å². The van der Waals surface area contributed by atoms with E-state index in [1.807, 2.05) is 11.0 Å². The molecule has 2 aliphatic rings. The minimum absolute atomic E-state index is 0.00857. The van der Waals surface area contributed by atoms with E-state index in [0.717, 1.165) is 32.1 Å². The molecule has 0 heterocycles. The molecule has 1 amide bonds. The van der Waals surface area contributed by atoms with Crippen molar-refractivity contribution in [2.75, 3.05) is 6.26 Å². The normalized spacial score (nSPS) is 19.7. The Hall–Kier alpha value is -2.14. The number of nitrogens with zero attached hydrogens (tertiary/aromatic N) is 1. The highest BCUT2D eigenvalue weighted by atomic mass is 32.2. The predicted octanol–water partition coefficient (Wildman–Crippen LogP) is 3.77. The van der Waals surface area contributed by atoms with Crippen LogP contribution in [0.1, 0.15) is 53.2 Å². The van der Waals surface area contributed by atoms with Crippen molar-refractivity contribution in [2.24, 2.45) is 0 Å². The number of amides is 1. The van der Waals surface area contributed by atoms with Gasteiger partial charge in [0.05, 0.1) is 10.9 Å². The van der Waals surface area contributed by atoms with Gasteiger partial charge in [-0.15, -0.1) is 0 Å². The lowest BCUT2D eigenvalue weighted by Gasteiger charge is -2.36. The molecule has 4 rings (SSSR count). The summed E-state index contributed by atoms with van der Waals surface area (Å²) in [4.78, 5) is 15.6. The summed E-state index contributed by atoms with van der Waals surface area (Å²) in [5.74, 6) is 0.00857. The SMILES string of the molecule is CS(=O)(=O)c1ccc(C(=O)N(C2CC2)C2CCCc3ccccc32)cc1. The molecule has 1 saturated carbocycles. The molecular weight excluding hydrogens is 346 g/mol. The fraction of sp³-hybridized carbons (Fsp3) is 0.381. The summed E-state index contributed by atoms with van der Waals surface area (Å²) in [5.41, 5.74) is 3.17. The third-order valence-corrected chi connectivity index (χ3v) is 6.51. The smallest absolute Gasteiger partial charge is 0.254 e. The Bertz CT molecular complexity index is 930. The van der Waals surface area contributed by atoms with Gasteiger partial charge in [0.25, 0.3) is 5.91 Å². The van der Waals surface area contributed by atoms with E-state index in [4.69, 9.17) is 0 Å². The second-order valence-corrected chi connectivity index (χ2v) is 9.36. The van der Waals surface area contributed by atoms with Crippen LogP contribution in [0.2, 0.25) is 0 Å². The van der Waals surface area contributed by atoms with Gasteiger partial charge < -0.3 is 4.90 Å². The van der Waals surface area contributed by atoms with Crippen molar-refractivity contribution in [1.29, 1.82) is 0 Å². The van der Waals surface area contributed by atoms with E-state index in [9.17, 15) is 13.2 Å². The molecule has 1 unspecified atom stereocenters. The Morgan fingerprint density at radius 1 is 1.00 bits per heavy atom. The Kier molecular flexibility index (Phi) is 4.35. The molecule has 4 nitrogen and oxygen atoms in total. The van der Waals surface area contributed by atoms with Crippen LogP contribution < -0.4 is 0 Å². The highest BCUT2D eigenvalue weighted by Gasteiger charge is 2.39. The van der Waals surface area contributed by atoms with Crippen LogP contribution in [0.5, 0.6) is 0 Å². The van der Waals surface area contributed by atoms with Crippen molar-refractivity contribution in [1.82, 2.24) is 4.90 Å². The molecule has 1 atom stereocenters. The monoisotopic (exact) mass is 369 g/mol. The number of aryl methyl sites for hydroxylation is 1. The number of carbonyl (C=O) groups is 1. The van der Waals surface area contributed by atoms with Gasteiger partial charge in [0.15, 0.2) is 9.84 Å². The maximum Gasteiger partial charge on any atom is 0.254 e. The first-order valence-electron chi connectivity index (χ1n) is 9.16. The summed E-state index contributed by atoms with van der Waals surface area (Å²) >= 11 is 0. The highest BCUT2D eigenvalue weighted by molar-refractivity contribution is 7.90. The second kappa shape index (κ2) is 6.54. The molecule has 0 saturated heterocycles. The lowest BCUT2D eigenvalue weighted by Crippen LogP contribution is -2.38. The number of sulfone groups is 1. The number of hydrogen-bond donors (Lipinski definition) is 0. The molecule has 26 heavy (non-hydrogen) atoms. The molecular formula is C21H23NO3S. The summed E-state index contributed by atoms with van der Waals surface area (Å²) in [6, 6.07) is 15.2. The molecule has 0 aliphatic heterocycles. The summed E-state index contributed by atoms with van der Waals surface area (Å²) in [6.07, 6.45) is 6.42. The second-order valence-electron chi connectivity index (χ2n) is 7.35. The van der Waals surface area contributed by atoms with Crippen LogP contribution in [0.15, 0.2) is 53.4 Å². The highest BCUT2D eigenvalue weighted by Crippen LogP contribution is 2.41. The standard InChI is InChI=1S/C21H23NO3S/c1-26(24,25)18-13-9-16(10-14-18)21(23)22(17-11-12-17)20-8-4-6-15-5-2-3-7-19(15)20/h2-3,5,7,9-10,13-14,17,20H,4,6,8,11-12H2,1H3. The molecule has 2 aliphatic carbocycles. The van der Waals surface area contributed by atoms with Crippen LogP contribution >= 0.6 is 0 Å². The zero-order chi connectivity index (χ0) is 18.3. The fourth-order valence-corrected chi connectivity index (χ4v) is 4.56. The molecule has 0 bridgehead atoms. The van der Waals surface area contributed by atoms with Gasteiger partial charge in [0.2, 0.25) is 0 Å². The molecule has 0 N–H and O–H groups in total. The first kappa shape index (κ1) is 17.3. The van der Waals surface area contributed by atoms with E-state index < -0.39 is 9.84 Å². The van der Waals surface area contributed by atoms with Gasteiger partial charge in [-0.05, 0) is 67.5 Å². The van der Waals surface area contributed by atoms with E-state index in [1.54, 1.807) is 12.1 Å². The van der Waals surface area contributed by atoms with Crippen molar-refractivity contribution in [3.8, 4) is 0 Å². The Morgan fingerprint density at radius 2 is 1.69 bits per heavy atom. The topological polar surface area (TPSA) is 54.5 Å². The van der Waals surface area contributed by atoms with Gasteiger partial charge in [-0.2, -0.15) is 0 Å². The number of hydrogen-bond acceptors (Lipinski definition) is 3. The van der Waals surface area contributed by atoms with Crippen LogP contribution in [0, 0.1) is 0 Å². The predicted molar refractivity (Wildman–Crippen MR) is 101 cm³/mol. The van der Waals surface area contributed by atoms with Crippen molar-refractivity contribution in [3.05, 3.63) is 65.2 Å². The van der Waals surface area contributed by atoms with Gasteiger partial charge >= 0.3 is 0 Å². The molecule has 2 aromatic carbocycles.